The number of rotatable bonds is 3. The summed E-state index contributed by atoms with van der Waals surface area (Å²) in [5.74, 6) is 0.114. The molecule has 0 amide bonds. The number of aromatic nitrogens is 2. The molecule has 1 atom stereocenters. The van der Waals surface area contributed by atoms with Crippen molar-refractivity contribution in [1.29, 1.82) is 0 Å². The zero-order chi connectivity index (χ0) is 14.3. The van der Waals surface area contributed by atoms with Gasteiger partial charge in [-0.15, -0.1) is 0 Å². The van der Waals surface area contributed by atoms with Crippen LogP contribution in [0.15, 0.2) is 12.1 Å². The number of carbonyl (C=O) groups is 1. The van der Waals surface area contributed by atoms with Crippen LogP contribution in [0.2, 0.25) is 0 Å². The van der Waals surface area contributed by atoms with Gasteiger partial charge in [0.15, 0.2) is 0 Å². The minimum Gasteiger partial charge on any atom is -0.480 e. The van der Waals surface area contributed by atoms with E-state index in [1.54, 1.807) is 0 Å². The normalized spacial score (nSPS) is 19.8. The standard InChI is InChI=1S/C15H19N3O2/c1-9-6-11-12(7-10(9)2)17-14(16-11)8-18-5-3-4-13(18)15(19)20/h6-7,13H,3-5,8H2,1-2H3,(H,16,17)(H,19,20). The van der Waals surface area contributed by atoms with Crippen LogP contribution in [-0.4, -0.2) is 38.5 Å². The maximum Gasteiger partial charge on any atom is 0.320 e. The Morgan fingerprint density at radius 2 is 2.20 bits per heavy atom. The Morgan fingerprint density at radius 1 is 1.45 bits per heavy atom. The summed E-state index contributed by atoms with van der Waals surface area (Å²) in [7, 11) is 0. The SMILES string of the molecule is Cc1cc2nc(CN3CCCC3C(=O)O)[nH]c2cc1C. The molecule has 1 fully saturated rings. The Labute approximate surface area is 117 Å². The lowest BCUT2D eigenvalue weighted by Gasteiger charge is -2.19. The van der Waals surface area contributed by atoms with Crippen molar-refractivity contribution in [3.63, 3.8) is 0 Å². The monoisotopic (exact) mass is 273 g/mol. The smallest absolute Gasteiger partial charge is 0.320 e. The maximum atomic E-state index is 11.2. The number of aromatic amines is 1. The molecule has 2 N–H and O–H groups in total. The van der Waals surface area contributed by atoms with E-state index in [1.165, 1.54) is 11.1 Å². The molecule has 0 bridgehead atoms. The third-order valence-electron chi connectivity index (χ3n) is 4.15. The van der Waals surface area contributed by atoms with E-state index in [4.69, 9.17) is 0 Å². The van der Waals surface area contributed by atoms with Crippen LogP contribution in [-0.2, 0) is 11.3 Å². The van der Waals surface area contributed by atoms with Gasteiger partial charge in [0.1, 0.15) is 11.9 Å². The molecule has 0 saturated carbocycles. The van der Waals surface area contributed by atoms with Crippen LogP contribution in [0.4, 0.5) is 0 Å². The molecule has 2 aromatic rings. The summed E-state index contributed by atoms with van der Waals surface area (Å²) in [4.78, 5) is 21.1. The second-order valence-corrected chi connectivity index (χ2v) is 5.60. The van der Waals surface area contributed by atoms with Gasteiger partial charge < -0.3 is 10.1 Å². The summed E-state index contributed by atoms with van der Waals surface area (Å²) in [6.45, 7) is 5.55. The number of aliphatic carboxylic acids is 1. The summed E-state index contributed by atoms with van der Waals surface area (Å²) >= 11 is 0. The van der Waals surface area contributed by atoms with Gasteiger partial charge in [-0.2, -0.15) is 0 Å². The molecule has 0 aliphatic carbocycles. The molecule has 0 radical (unpaired) electrons. The lowest BCUT2D eigenvalue weighted by molar-refractivity contribution is -0.142. The van der Waals surface area contributed by atoms with Crippen LogP contribution < -0.4 is 0 Å². The molecule has 2 heterocycles. The van der Waals surface area contributed by atoms with Gasteiger partial charge in [-0.25, -0.2) is 4.98 Å². The van der Waals surface area contributed by atoms with Crippen molar-refractivity contribution in [2.75, 3.05) is 6.54 Å². The van der Waals surface area contributed by atoms with Gasteiger partial charge in [-0.3, -0.25) is 9.69 Å². The molecule has 5 heteroatoms. The number of fused-ring (bicyclic) bond motifs is 1. The van der Waals surface area contributed by atoms with E-state index in [0.717, 1.165) is 36.2 Å². The lowest BCUT2D eigenvalue weighted by Crippen LogP contribution is -2.35. The topological polar surface area (TPSA) is 69.2 Å². The van der Waals surface area contributed by atoms with Crippen LogP contribution in [0.5, 0.6) is 0 Å². The van der Waals surface area contributed by atoms with Crippen LogP contribution in [0.25, 0.3) is 11.0 Å². The highest BCUT2D eigenvalue weighted by Gasteiger charge is 2.30. The van der Waals surface area contributed by atoms with Crippen LogP contribution in [0.1, 0.15) is 29.8 Å². The Balaban J connectivity index is 1.86. The first-order valence-corrected chi connectivity index (χ1v) is 6.97. The summed E-state index contributed by atoms with van der Waals surface area (Å²) < 4.78 is 0. The van der Waals surface area contributed by atoms with E-state index in [0.29, 0.717) is 6.54 Å². The Hall–Kier alpha value is -1.88. The number of nitrogens with zero attached hydrogens (tertiary/aromatic N) is 2. The lowest BCUT2D eigenvalue weighted by atomic mass is 10.1. The summed E-state index contributed by atoms with van der Waals surface area (Å²) in [6.07, 6.45) is 1.67. The first kappa shape index (κ1) is 13.1. The Kier molecular flexibility index (Phi) is 3.22. The van der Waals surface area contributed by atoms with Gasteiger partial charge in [0, 0.05) is 0 Å². The highest BCUT2D eigenvalue weighted by atomic mass is 16.4. The van der Waals surface area contributed by atoms with E-state index in [2.05, 4.69) is 35.9 Å². The fraction of sp³-hybridized carbons (Fsp3) is 0.467. The van der Waals surface area contributed by atoms with E-state index in [9.17, 15) is 9.90 Å². The number of hydrogen-bond donors (Lipinski definition) is 2. The molecular weight excluding hydrogens is 254 g/mol. The van der Waals surface area contributed by atoms with E-state index < -0.39 is 5.97 Å². The summed E-state index contributed by atoms with van der Waals surface area (Å²) in [6, 6.07) is 3.80. The molecule has 20 heavy (non-hydrogen) atoms. The zero-order valence-corrected chi connectivity index (χ0v) is 11.8. The maximum absolute atomic E-state index is 11.2. The fourth-order valence-electron chi connectivity index (χ4n) is 2.88. The number of carboxylic acid groups (broad SMARTS) is 1. The molecule has 1 saturated heterocycles. The molecule has 1 aliphatic heterocycles. The molecule has 1 unspecified atom stereocenters. The molecule has 106 valence electrons. The van der Waals surface area contributed by atoms with Gasteiger partial charge in [0.25, 0.3) is 0 Å². The number of carboxylic acids is 1. The molecular formula is C15H19N3O2. The van der Waals surface area contributed by atoms with Crippen molar-refractivity contribution < 1.29 is 9.90 Å². The Morgan fingerprint density at radius 3 is 2.95 bits per heavy atom. The second kappa shape index (κ2) is 4.90. The highest BCUT2D eigenvalue weighted by molar-refractivity contribution is 5.77. The molecule has 3 rings (SSSR count). The van der Waals surface area contributed by atoms with Gasteiger partial charge in [-0.05, 0) is 56.5 Å². The Bertz CT molecular complexity index is 623. The van der Waals surface area contributed by atoms with Crippen molar-refractivity contribution in [3.05, 3.63) is 29.1 Å². The van der Waals surface area contributed by atoms with Crippen molar-refractivity contribution in [2.24, 2.45) is 0 Å². The molecule has 0 spiro atoms. The van der Waals surface area contributed by atoms with Gasteiger partial charge in [-0.1, -0.05) is 0 Å². The number of likely N-dealkylation sites (tertiary alicyclic amines) is 1. The number of benzene rings is 1. The van der Waals surface area contributed by atoms with Gasteiger partial charge in [0.2, 0.25) is 0 Å². The fourth-order valence-corrected chi connectivity index (χ4v) is 2.88. The van der Waals surface area contributed by atoms with Crippen LogP contribution in [0, 0.1) is 13.8 Å². The van der Waals surface area contributed by atoms with Crippen molar-refractivity contribution in [2.45, 2.75) is 39.3 Å². The van der Waals surface area contributed by atoms with E-state index in [1.807, 2.05) is 4.90 Å². The van der Waals surface area contributed by atoms with Gasteiger partial charge in [0.05, 0.1) is 17.6 Å². The largest absolute Gasteiger partial charge is 0.480 e. The zero-order valence-electron chi connectivity index (χ0n) is 11.8. The molecule has 1 aromatic heterocycles. The number of H-pyrrole nitrogens is 1. The summed E-state index contributed by atoms with van der Waals surface area (Å²) in [5, 5.41) is 9.20. The minimum absolute atomic E-state index is 0.369. The van der Waals surface area contributed by atoms with Crippen molar-refractivity contribution in [1.82, 2.24) is 14.9 Å². The minimum atomic E-state index is -0.731. The summed E-state index contributed by atoms with van der Waals surface area (Å²) in [5.41, 5.74) is 4.43. The average Bonchev–Trinajstić information content (AvgIpc) is 2.97. The number of aryl methyl sites for hydroxylation is 2. The third kappa shape index (κ3) is 2.29. The van der Waals surface area contributed by atoms with Gasteiger partial charge >= 0.3 is 5.97 Å². The van der Waals surface area contributed by atoms with Crippen molar-refractivity contribution in [3.8, 4) is 0 Å². The molecule has 1 aromatic carbocycles. The average molecular weight is 273 g/mol. The van der Waals surface area contributed by atoms with E-state index >= 15 is 0 Å². The van der Waals surface area contributed by atoms with Crippen LogP contribution in [0.3, 0.4) is 0 Å². The predicted octanol–water partition coefficient (Wildman–Crippen LogP) is 2.23. The highest BCUT2D eigenvalue weighted by Crippen LogP contribution is 2.22. The van der Waals surface area contributed by atoms with E-state index in [-0.39, 0.29) is 6.04 Å². The second-order valence-electron chi connectivity index (χ2n) is 5.60. The van der Waals surface area contributed by atoms with Crippen LogP contribution >= 0.6 is 0 Å². The molecule has 5 nitrogen and oxygen atoms in total. The number of nitrogens with one attached hydrogen (secondary N) is 1. The number of hydrogen-bond acceptors (Lipinski definition) is 3. The van der Waals surface area contributed by atoms with Crippen molar-refractivity contribution >= 4 is 17.0 Å². The first-order chi connectivity index (χ1) is 9.54. The first-order valence-electron chi connectivity index (χ1n) is 6.97. The molecule has 1 aliphatic rings. The third-order valence-corrected chi connectivity index (χ3v) is 4.15. The quantitative estimate of drug-likeness (QED) is 0.899. The predicted molar refractivity (Wildman–Crippen MR) is 76.6 cm³/mol. The number of imidazole rings is 1.